The molecule has 4 heterocycles. The topological polar surface area (TPSA) is 67.6 Å². The molecule has 5 rings (SSSR count). The maximum absolute atomic E-state index is 12.1. The van der Waals surface area contributed by atoms with Gasteiger partial charge in [-0.25, -0.2) is 4.98 Å². The standard InChI is InChI=1S/C20H19N3O3/c24-18-13-26-17-12-23(19-15-7-11-25-16(15)6-9-21-19)10-8-20(17,22-18)14-4-2-1-3-5-14/h1-7,9,11,17H,8,10,12-13H2,(H,22,24)/t17-,20+/m1/s1. The molecule has 0 bridgehead atoms. The van der Waals surface area contributed by atoms with E-state index < -0.39 is 5.54 Å². The van der Waals surface area contributed by atoms with Crippen LogP contribution in [0.25, 0.3) is 11.0 Å². The van der Waals surface area contributed by atoms with Crippen molar-refractivity contribution >= 4 is 22.7 Å². The summed E-state index contributed by atoms with van der Waals surface area (Å²) in [6, 6.07) is 13.9. The maximum Gasteiger partial charge on any atom is 0.246 e. The molecule has 0 aliphatic carbocycles. The largest absolute Gasteiger partial charge is 0.464 e. The van der Waals surface area contributed by atoms with E-state index in [9.17, 15) is 4.79 Å². The van der Waals surface area contributed by atoms with Crippen LogP contribution in [0.15, 0.2) is 59.3 Å². The quantitative estimate of drug-likeness (QED) is 0.770. The predicted molar refractivity (Wildman–Crippen MR) is 96.8 cm³/mol. The lowest BCUT2D eigenvalue weighted by molar-refractivity contribution is -0.146. The summed E-state index contributed by atoms with van der Waals surface area (Å²) in [4.78, 5) is 18.9. The molecule has 26 heavy (non-hydrogen) atoms. The predicted octanol–water partition coefficient (Wildman–Crippen LogP) is 2.45. The van der Waals surface area contributed by atoms with Crippen LogP contribution in [-0.4, -0.2) is 36.7 Å². The lowest BCUT2D eigenvalue weighted by atomic mass is 9.77. The van der Waals surface area contributed by atoms with E-state index >= 15 is 0 Å². The number of benzene rings is 1. The Morgan fingerprint density at radius 1 is 1.19 bits per heavy atom. The summed E-state index contributed by atoms with van der Waals surface area (Å²) in [7, 11) is 0. The third-order valence-electron chi connectivity index (χ3n) is 5.44. The second kappa shape index (κ2) is 5.85. The third-order valence-corrected chi connectivity index (χ3v) is 5.44. The Morgan fingerprint density at radius 3 is 2.96 bits per heavy atom. The van der Waals surface area contributed by atoms with Gasteiger partial charge in [0.1, 0.15) is 24.1 Å². The molecular weight excluding hydrogens is 330 g/mol. The molecule has 1 aromatic carbocycles. The maximum atomic E-state index is 12.1. The molecule has 2 aliphatic heterocycles. The van der Waals surface area contributed by atoms with Crippen molar-refractivity contribution in [2.24, 2.45) is 0 Å². The Bertz CT molecular complexity index is 955. The fourth-order valence-corrected chi connectivity index (χ4v) is 4.18. The molecule has 132 valence electrons. The zero-order chi connectivity index (χ0) is 17.6. The van der Waals surface area contributed by atoms with Crippen molar-refractivity contribution in [2.75, 3.05) is 24.6 Å². The highest BCUT2D eigenvalue weighted by atomic mass is 16.5. The number of carbonyl (C=O) groups excluding carboxylic acids is 1. The summed E-state index contributed by atoms with van der Waals surface area (Å²) in [5.41, 5.74) is 1.43. The van der Waals surface area contributed by atoms with E-state index in [2.05, 4.69) is 27.3 Å². The van der Waals surface area contributed by atoms with Crippen molar-refractivity contribution in [1.29, 1.82) is 0 Å². The first-order valence-electron chi connectivity index (χ1n) is 8.81. The number of anilines is 1. The molecular formula is C20H19N3O3. The highest BCUT2D eigenvalue weighted by molar-refractivity contribution is 5.88. The van der Waals surface area contributed by atoms with E-state index in [1.54, 1.807) is 12.5 Å². The van der Waals surface area contributed by atoms with Gasteiger partial charge in [-0.2, -0.15) is 0 Å². The molecule has 0 radical (unpaired) electrons. The normalized spacial score (nSPS) is 25.8. The monoisotopic (exact) mass is 349 g/mol. The number of hydrogen-bond donors (Lipinski definition) is 1. The van der Waals surface area contributed by atoms with Crippen LogP contribution in [0.5, 0.6) is 0 Å². The average molecular weight is 349 g/mol. The van der Waals surface area contributed by atoms with Gasteiger partial charge in [-0.15, -0.1) is 0 Å². The minimum atomic E-state index is -0.489. The van der Waals surface area contributed by atoms with E-state index in [4.69, 9.17) is 9.15 Å². The Labute approximate surface area is 150 Å². The summed E-state index contributed by atoms with van der Waals surface area (Å²) >= 11 is 0. The van der Waals surface area contributed by atoms with Gasteiger partial charge in [0.15, 0.2) is 0 Å². The van der Waals surface area contributed by atoms with E-state index in [1.165, 1.54) is 0 Å². The number of nitrogens with one attached hydrogen (secondary N) is 1. The van der Waals surface area contributed by atoms with Crippen LogP contribution in [0.4, 0.5) is 5.82 Å². The molecule has 1 amide bonds. The molecule has 6 nitrogen and oxygen atoms in total. The van der Waals surface area contributed by atoms with E-state index in [0.717, 1.165) is 35.3 Å². The number of pyridine rings is 1. The molecule has 2 aliphatic rings. The molecule has 2 atom stereocenters. The zero-order valence-corrected chi connectivity index (χ0v) is 14.2. The Kier molecular flexibility index (Phi) is 3.46. The van der Waals surface area contributed by atoms with Crippen molar-refractivity contribution in [3.63, 3.8) is 0 Å². The number of carbonyl (C=O) groups is 1. The third kappa shape index (κ3) is 2.29. The highest BCUT2D eigenvalue weighted by Crippen LogP contribution is 2.39. The lowest BCUT2D eigenvalue weighted by Crippen LogP contribution is -2.66. The lowest BCUT2D eigenvalue weighted by Gasteiger charge is -2.50. The van der Waals surface area contributed by atoms with Gasteiger partial charge in [0, 0.05) is 19.3 Å². The first-order valence-corrected chi connectivity index (χ1v) is 8.81. The molecule has 1 N–H and O–H groups in total. The van der Waals surface area contributed by atoms with Crippen molar-refractivity contribution in [3.05, 3.63) is 60.5 Å². The van der Waals surface area contributed by atoms with Crippen molar-refractivity contribution < 1.29 is 13.9 Å². The molecule has 2 fully saturated rings. The minimum Gasteiger partial charge on any atom is -0.464 e. The average Bonchev–Trinajstić information content (AvgIpc) is 3.17. The van der Waals surface area contributed by atoms with Crippen LogP contribution in [0.1, 0.15) is 12.0 Å². The first kappa shape index (κ1) is 15.4. The van der Waals surface area contributed by atoms with E-state index in [0.29, 0.717) is 6.54 Å². The number of nitrogens with zero attached hydrogens (tertiary/aromatic N) is 2. The Balaban J connectivity index is 1.52. The number of rotatable bonds is 2. The summed E-state index contributed by atoms with van der Waals surface area (Å²) in [6.07, 6.45) is 4.07. The van der Waals surface area contributed by atoms with Gasteiger partial charge in [0.2, 0.25) is 5.91 Å². The van der Waals surface area contributed by atoms with Crippen molar-refractivity contribution in [3.8, 4) is 0 Å². The number of piperidine rings is 1. The Hall–Kier alpha value is -2.86. The van der Waals surface area contributed by atoms with Gasteiger partial charge in [0.05, 0.1) is 17.2 Å². The summed E-state index contributed by atoms with van der Waals surface area (Å²) in [6.45, 7) is 1.52. The van der Waals surface area contributed by atoms with Crippen LogP contribution in [0.2, 0.25) is 0 Å². The number of fused-ring (bicyclic) bond motifs is 2. The van der Waals surface area contributed by atoms with Gasteiger partial charge in [-0.05, 0) is 24.1 Å². The van der Waals surface area contributed by atoms with Crippen LogP contribution in [0.3, 0.4) is 0 Å². The number of amides is 1. The second-order valence-electron chi connectivity index (χ2n) is 6.85. The molecule has 6 heteroatoms. The van der Waals surface area contributed by atoms with Gasteiger partial charge in [0.25, 0.3) is 0 Å². The molecule has 2 saturated heterocycles. The number of hydrogen-bond acceptors (Lipinski definition) is 5. The molecule has 2 aromatic heterocycles. The van der Waals surface area contributed by atoms with E-state index in [1.807, 2.05) is 30.3 Å². The second-order valence-corrected chi connectivity index (χ2v) is 6.85. The van der Waals surface area contributed by atoms with Crippen LogP contribution in [0, 0.1) is 0 Å². The molecule has 0 saturated carbocycles. The van der Waals surface area contributed by atoms with Gasteiger partial charge < -0.3 is 19.4 Å². The van der Waals surface area contributed by atoms with Gasteiger partial charge in [-0.1, -0.05) is 30.3 Å². The number of morpholine rings is 1. The van der Waals surface area contributed by atoms with Crippen molar-refractivity contribution in [2.45, 2.75) is 18.1 Å². The SMILES string of the molecule is O=C1CO[C@@H]2CN(c3nccc4occc34)CC[C@@]2(c2ccccc2)N1. The molecule has 0 unspecified atom stereocenters. The summed E-state index contributed by atoms with van der Waals surface area (Å²) < 4.78 is 11.5. The number of furan rings is 1. The zero-order valence-electron chi connectivity index (χ0n) is 14.2. The summed E-state index contributed by atoms with van der Waals surface area (Å²) in [5.74, 6) is 0.840. The van der Waals surface area contributed by atoms with Crippen LogP contribution >= 0.6 is 0 Å². The number of aromatic nitrogens is 1. The molecule has 0 spiro atoms. The fourth-order valence-electron chi connectivity index (χ4n) is 4.18. The van der Waals surface area contributed by atoms with Gasteiger partial charge in [-0.3, -0.25) is 4.79 Å². The first-order chi connectivity index (χ1) is 12.8. The van der Waals surface area contributed by atoms with Crippen molar-refractivity contribution in [1.82, 2.24) is 10.3 Å². The molecule has 3 aromatic rings. The van der Waals surface area contributed by atoms with Crippen LogP contribution in [-0.2, 0) is 15.1 Å². The highest BCUT2D eigenvalue weighted by Gasteiger charge is 2.49. The Morgan fingerprint density at radius 2 is 2.08 bits per heavy atom. The summed E-state index contributed by atoms with van der Waals surface area (Å²) in [5, 5.41) is 4.22. The number of ether oxygens (including phenoxy) is 1. The van der Waals surface area contributed by atoms with Crippen LogP contribution < -0.4 is 10.2 Å². The smallest absolute Gasteiger partial charge is 0.246 e. The minimum absolute atomic E-state index is 0.0615. The fraction of sp³-hybridized carbons (Fsp3) is 0.300. The van der Waals surface area contributed by atoms with E-state index in [-0.39, 0.29) is 18.6 Å². The van der Waals surface area contributed by atoms with Gasteiger partial charge >= 0.3 is 0 Å².